The molecule has 2 atom stereocenters. The monoisotopic (exact) mass is 403 g/mol. The molecule has 7 nitrogen and oxygen atoms in total. The number of hydrogen-bond donors (Lipinski definition) is 1. The standard InChI is InChI=1S/C20H26N4O3S/c1-13(2)12-28(26,27)23-8-5-14(3)17(11-23)24-9-6-18(25)16-10-22-20-15(19(16)24)4-7-21-20/h4,6-7,9-10,13-14,17H,5,8,11-12H2,1-3H3,(H,21,22)/p+1. The predicted octanol–water partition coefficient (Wildman–Crippen LogP) is 2.17. The average Bonchev–Trinajstić information content (AvgIpc) is 3.10. The Kier molecular flexibility index (Phi) is 4.79. The summed E-state index contributed by atoms with van der Waals surface area (Å²) < 4.78 is 29.4. The second-order valence-corrected chi connectivity index (χ2v) is 10.3. The highest BCUT2D eigenvalue weighted by Crippen LogP contribution is 2.32. The molecule has 0 bridgehead atoms. The number of pyridine rings is 2. The molecule has 3 aromatic rings. The van der Waals surface area contributed by atoms with E-state index < -0.39 is 10.0 Å². The van der Waals surface area contributed by atoms with Crippen molar-refractivity contribution in [2.75, 3.05) is 18.8 Å². The van der Waals surface area contributed by atoms with Crippen molar-refractivity contribution in [3.05, 3.63) is 40.9 Å². The SMILES string of the molecule is CC(C)CS(=O)(=O)N1CCC(C)C(n2ccc(=O)c3c[nH+]c4[nH]ccc4c32)C1. The number of aromatic amines is 2. The van der Waals surface area contributed by atoms with Gasteiger partial charge in [0.15, 0.2) is 5.43 Å². The molecule has 4 rings (SSSR count). The van der Waals surface area contributed by atoms with Gasteiger partial charge in [0.05, 0.1) is 34.3 Å². The zero-order chi connectivity index (χ0) is 20.1. The van der Waals surface area contributed by atoms with Gasteiger partial charge in [-0.2, -0.15) is 4.31 Å². The number of nitrogens with zero attached hydrogens (tertiary/aromatic N) is 2. The Morgan fingerprint density at radius 2 is 2.07 bits per heavy atom. The first kappa shape index (κ1) is 19.1. The smallest absolute Gasteiger partial charge is 0.286 e. The Morgan fingerprint density at radius 1 is 1.29 bits per heavy atom. The minimum absolute atomic E-state index is 0.0284. The summed E-state index contributed by atoms with van der Waals surface area (Å²) in [6, 6.07) is 3.49. The van der Waals surface area contributed by atoms with Crippen LogP contribution in [0.15, 0.2) is 35.5 Å². The molecule has 1 aliphatic rings. The molecule has 1 saturated heterocycles. The first-order chi connectivity index (χ1) is 13.3. The molecule has 0 spiro atoms. The Balaban J connectivity index is 1.83. The molecule has 1 aliphatic heterocycles. The highest BCUT2D eigenvalue weighted by molar-refractivity contribution is 7.89. The van der Waals surface area contributed by atoms with Gasteiger partial charge in [-0.3, -0.25) is 4.79 Å². The first-order valence-corrected chi connectivity index (χ1v) is 11.4. The lowest BCUT2D eigenvalue weighted by molar-refractivity contribution is -0.345. The summed E-state index contributed by atoms with van der Waals surface area (Å²) in [7, 11) is -3.29. The van der Waals surface area contributed by atoms with Gasteiger partial charge in [0.2, 0.25) is 10.0 Å². The molecule has 4 heterocycles. The summed E-state index contributed by atoms with van der Waals surface area (Å²) in [6.07, 6.45) is 6.18. The molecule has 3 aromatic heterocycles. The lowest BCUT2D eigenvalue weighted by atomic mass is 9.94. The van der Waals surface area contributed by atoms with Gasteiger partial charge in [0.25, 0.3) is 5.65 Å². The van der Waals surface area contributed by atoms with Crippen LogP contribution in [-0.2, 0) is 10.0 Å². The van der Waals surface area contributed by atoms with Crippen LogP contribution in [0.5, 0.6) is 0 Å². The van der Waals surface area contributed by atoms with Crippen LogP contribution in [-0.4, -0.2) is 41.1 Å². The van der Waals surface area contributed by atoms with Gasteiger partial charge < -0.3 is 4.57 Å². The van der Waals surface area contributed by atoms with E-state index in [1.807, 2.05) is 32.3 Å². The number of H-pyrrole nitrogens is 2. The molecule has 1 fully saturated rings. The van der Waals surface area contributed by atoms with E-state index in [-0.39, 0.29) is 23.1 Å². The Bertz CT molecular complexity index is 1180. The Labute approximate surface area is 164 Å². The fraction of sp³-hybridized carbons (Fsp3) is 0.500. The molecule has 0 aliphatic carbocycles. The second-order valence-electron chi connectivity index (χ2n) is 8.27. The number of fused-ring (bicyclic) bond motifs is 3. The van der Waals surface area contributed by atoms with Crippen LogP contribution in [0.25, 0.3) is 21.9 Å². The van der Waals surface area contributed by atoms with Crippen molar-refractivity contribution in [2.45, 2.75) is 33.2 Å². The Morgan fingerprint density at radius 3 is 2.82 bits per heavy atom. The molecule has 0 radical (unpaired) electrons. The summed E-state index contributed by atoms with van der Waals surface area (Å²) in [6.45, 7) is 6.99. The van der Waals surface area contributed by atoms with E-state index in [4.69, 9.17) is 0 Å². The maximum atomic E-state index is 12.8. The van der Waals surface area contributed by atoms with Crippen molar-refractivity contribution in [1.29, 1.82) is 0 Å². The number of hydrogen-bond acceptors (Lipinski definition) is 3. The topological polar surface area (TPSA) is 89.3 Å². The highest BCUT2D eigenvalue weighted by atomic mass is 32.2. The third-order valence-corrected chi connectivity index (χ3v) is 7.91. The largest absolute Gasteiger partial charge is 0.342 e. The molecule has 8 heteroatoms. The van der Waals surface area contributed by atoms with Crippen molar-refractivity contribution in [3.8, 4) is 0 Å². The van der Waals surface area contributed by atoms with Crippen molar-refractivity contribution < 1.29 is 13.4 Å². The summed E-state index contributed by atoms with van der Waals surface area (Å²) in [5.74, 6) is 0.552. The molecule has 28 heavy (non-hydrogen) atoms. The summed E-state index contributed by atoms with van der Waals surface area (Å²) >= 11 is 0. The van der Waals surface area contributed by atoms with Gasteiger partial charge in [-0.1, -0.05) is 20.8 Å². The van der Waals surface area contributed by atoms with Crippen LogP contribution in [0, 0.1) is 11.8 Å². The zero-order valence-electron chi connectivity index (χ0n) is 16.5. The van der Waals surface area contributed by atoms with Crippen LogP contribution in [0.2, 0.25) is 0 Å². The third kappa shape index (κ3) is 3.24. The first-order valence-electron chi connectivity index (χ1n) is 9.78. The number of piperidine rings is 1. The maximum Gasteiger partial charge on any atom is 0.286 e. The van der Waals surface area contributed by atoms with Crippen molar-refractivity contribution in [1.82, 2.24) is 13.9 Å². The van der Waals surface area contributed by atoms with E-state index in [1.54, 1.807) is 16.6 Å². The van der Waals surface area contributed by atoms with Gasteiger partial charge in [0.1, 0.15) is 6.20 Å². The maximum absolute atomic E-state index is 12.8. The predicted molar refractivity (Wildman–Crippen MR) is 110 cm³/mol. The van der Waals surface area contributed by atoms with E-state index in [0.717, 1.165) is 23.0 Å². The molecule has 150 valence electrons. The zero-order valence-corrected chi connectivity index (χ0v) is 17.3. The average molecular weight is 404 g/mol. The van der Waals surface area contributed by atoms with Gasteiger partial charge in [-0.05, 0) is 24.3 Å². The molecule has 2 unspecified atom stereocenters. The van der Waals surface area contributed by atoms with Gasteiger partial charge in [-0.15, -0.1) is 0 Å². The second kappa shape index (κ2) is 7.00. The van der Waals surface area contributed by atoms with E-state index in [0.29, 0.717) is 24.4 Å². The number of aromatic nitrogens is 3. The molecule has 0 aromatic carbocycles. The minimum Gasteiger partial charge on any atom is -0.342 e. The third-order valence-electron chi connectivity index (χ3n) is 5.70. The summed E-state index contributed by atoms with van der Waals surface area (Å²) in [4.78, 5) is 18.7. The van der Waals surface area contributed by atoms with Crippen LogP contribution in [0.3, 0.4) is 0 Å². The van der Waals surface area contributed by atoms with Crippen LogP contribution < -0.4 is 10.4 Å². The van der Waals surface area contributed by atoms with Crippen LogP contribution in [0.1, 0.15) is 33.2 Å². The Hall–Kier alpha value is -2.19. The molecule has 2 N–H and O–H groups in total. The fourth-order valence-corrected chi connectivity index (χ4v) is 6.08. The quantitative estimate of drug-likeness (QED) is 0.724. The van der Waals surface area contributed by atoms with E-state index >= 15 is 0 Å². The highest BCUT2D eigenvalue weighted by Gasteiger charge is 2.34. The number of nitrogens with one attached hydrogen (secondary N) is 2. The van der Waals surface area contributed by atoms with Gasteiger partial charge in [-0.25, -0.2) is 18.4 Å². The summed E-state index contributed by atoms with van der Waals surface area (Å²) in [5.41, 5.74) is 1.65. The van der Waals surface area contributed by atoms with Crippen LogP contribution in [0.4, 0.5) is 0 Å². The normalized spacial score (nSPS) is 21.7. The van der Waals surface area contributed by atoms with Crippen molar-refractivity contribution in [2.24, 2.45) is 11.8 Å². The molecule has 0 saturated carbocycles. The fourth-order valence-electron chi connectivity index (χ4n) is 4.26. The van der Waals surface area contributed by atoms with E-state index in [9.17, 15) is 13.2 Å². The van der Waals surface area contributed by atoms with Crippen LogP contribution >= 0.6 is 0 Å². The van der Waals surface area contributed by atoms with Crippen molar-refractivity contribution in [3.63, 3.8) is 0 Å². The van der Waals surface area contributed by atoms with Gasteiger partial charge >= 0.3 is 0 Å². The van der Waals surface area contributed by atoms with Gasteiger partial charge in [0, 0.05) is 25.4 Å². The van der Waals surface area contributed by atoms with Crippen molar-refractivity contribution >= 4 is 32.0 Å². The number of rotatable bonds is 4. The van der Waals surface area contributed by atoms with E-state index in [1.165, 1.54) is 0 Å². The lowest BCUT2D eigenvalue weighted by Crippen LogP contribution is -2.45. The molecular weight excluding hydrogens is 376 g/mol. The molecule has 0 amide bonds. The summed E-state index contributed by atoms with van der Waals surface area (Å²) in [5, 5.41) is 1.55. The lowest BCUT2D eigenvalue weighted by Gasteiger charge is -2.38. The number of sulfonamides is 1. The van der Waals surface area contributed by atoms with E-state index in [2.05, 4.69) is 21.5 Å². The molecular formula is C20H27N4O3S+. The minimum atomic E-state index is -3.29.